The van der Waals surface area contributed by atoms with Crippen LogP contribution >= 0.6 is 0 Å². The molecule has 1 saturated carbocycles. The van der Waals surface area contributed by atoms with Gasteiger partial charge in [0.2, 0.25) is 5.91 Å². The molecule has 3 fully saturated rings. The minimum Gasteiger partial charge on any atom is -0.445 e. The number of amides is 2. The summed E-state index contributed by atoms with van der Waals surface area (Å²) in [6.07, 6.45) is 6.74. The van der Waals surface area contributed by atoms with Crippen molar-refractivity contribution in [2.24, 2.45) is 11.8 Å². The molecule has 1 aliphatic carbocycles. The molecule has 2 atom stereocenters. The van der Waals surface area contributed by atoms with E-state index in [9.17, 15) is 24.8 Å². The number of aliphatic hydroxyl groups is 1. The Morgan fingerprint density at radius 3 is 2.49 bits per heavy atom. The second-order valence-electron chi connectivity index (χ2n) is 12.1. The molecule has 2 amide bonds. The third-order valence-corrected chi connectivity index (χ3v) is 9.36. The van der Waals surface area contributed by atoms with Gasteiger partial charge >= 0.3 is 6.09 Å². The number of nitrogens with zero attached hydrogens (tertiary/aromatic N) is 4. The Kier molecular flexibility index (Phi) is 9.77. The van der Waals surface area contributed by atoms with E-state index in [0.29, 0.717) is 31.7 Å². The Bertz CT molecular complexity index is 1290. The second kappa shape index (κ2) is 13.7. The highest BCUT2D eigenvalue weighted by atomic mass is 16.6. The number of ether oxygens (including phenoxy) is 1. The predicted octanol–water partition coefficient (Wildman–Crippen LogP) is 4.72. The van der Waals surface area contributed by atoms with Crippen LogP contribution in [0.2, 0.25) is 0 Å². The molecule has 0 spiro atoms. The Hall–Kier alpha value is -3.76. The van der Waals surface area contributed by atoms with E-state index in [2.05, 4.69) is 11.5 Å². The van der Waals surface area contributed by atoms with Crippen molar-refractivity contribution in [1.29, 1.82) is 0 Å². The summed E-state index contributed by atoms with van der Waals surface area (Å²) < 4.78 is 5.55. The molecule has 10 heteroatoms. The van der Waals surface area contributed by atoms with Crippen molar-refractivity contribution in [2.75, 3.05) is 39.3 Å². The maximum absolute atomic E-state index is 13.4. The van der Waals surface area contributed by atoms with E-state index in [1.807, 2.05) is 35.2 Å². The Labute approximate surface area is 253 Å². The van der Waals surface area contributed by atoms with Crippen LogP contribution in [0.25, 0.3) is 0 Å². The predicted molar refractivity (Wildman–Crippen MR) is 162 cm³/mol. The zero-order chi connectivity index (χ0) is 30.4. The summed E-state index contributed by atoms with van der Waals surface area (Å²) in [4.78, 5) is 42.9. The number of β-amino-alcohol motifs (C(OH)–C–C–N with tert-alkyl or cyclic N) is 1. The van der Waals surface area contributed by atoms with Gasteiger partial charge in [0.1, 0.15) is 12.2 Å². The molecule has 2 aliphatic heterocycles. The zero-order valence-corrected chi connectivity index (χ0v) is 24.7. The average Bonchev–Trinajstić information content (AvgIpc) is 3.69. The summed E-state index contributed by atoms with van der Waals surface area (Å²) in [5, 5.41) is 23.1. The van der Waals surface area contributed by atoms with Gasteiger partial charge in [-0.25, -0.2) is 4.79 Å². The van der Waals surface area contributed by atoms with Gasteiger partial charge in [0.05, 0.1) is 11.5 Å². The minimum atomic E-state index is -1.11. The van der Waals surface area contributed by atoms with Gasteiger partial charge in [0, 0.05) is 62.7 Å². The molecule has 10 nitrogen and oxygen atoms in total. The Morgan fingerprint density at radius 2 is 1.81 bits per heavy atom. The van der Waals surface area contributed by atoms with Crippen LogP contribution in [0.4, 0.5) is 10.5 Å². The highest BCUT2D eigenvalue weighted by molar-refractivity contribution is 5.79. The van der Waals surface area contributed by atoms with E-state index in [0.717, 1.165) is 57.2 Å². The molecule has 0 unspecified atom stereocenters. The monoisotopic (exact) mass is 590 g/mol. The summed E-state index contributed by atoms with van der Waals surface area (Å²) in [6.45, 7) is 7.10. The minimum absolute atomic E-state index is 0.0381. The summed E-state index contributed by atoms with van der Waals surface area (Å²) in [5.74, 6) is 0.125. The van der Waals surface area contributed by atoms with Crippen LogP contribution in [-0.4, -0.2) is 82.0 Å². The highest BCUT2D eigenvalue weighted by Gasteiger charge is 2.49. The Morgan fingerprint density at radius 1 is 1.09 bits per heavy atom. The first-order valence-corrected chi connectivity index (χ1v) is 15.3. The summed E-state index contributed by atoms with van der Waals surface area (Å²) in [5.41, 5.74) is 0.243. The lowest BCUT2D eigenvalue weighted by Crippen LogP contribution is -2.50. The number of non-ortho nitro benzene ring substituents is 1. The van der Waals surface area contributed by atoms with Crippen molar-refractivity contribution >= 4 is 17.7 Å². The summed E-state index contributed by atoms with van der Waals surface area (Å²) in [6, 6.07) is 15.8. The third kappa shape index (κ3) is 7.08. The molecule has 3 aliphatic rings. The van der Waals surface area contributed by atoms with Crippen molar-refractivity contribution in [3.05, 3.63) is 88.5 Å². The number of piperidine rings is 1. The number of nitro groups is 1. The molecule has 2 heterocycles. The van der Waals surface area contributed by atoms with Crippen molar-refractivity contribution in [1.82, 2.24) is 14.7 Å². The number of hydrogen-bond donors (Lipinski definition) is 1. The third-order valence-electron chi connectivity index (χ3n) is 9.36. The van der Waals surface area contributed by atoms with Gasteiger partial charge in [0.15, 0.2) is 0 Å². The average molecular weight is 591 g/mol. The number of likely N-dealkylation sites (tertiary alicyclic amines) is 2. The van der Waals surface area contributed by atoms with Gasteiger partial charge in [-0.05, 0) is 36.8 Å². The smallest absolute Gasteiger partial charge is 0.410 e. The van der Waals surface area contributed by atoms with Crippen LogP contribution in [0.1, 0.15) is 49.7 Å². The van der Waals surface area contributed by atoms with Crippen LogP contribution < -0.4 is 0 Å². The van der Waals surface area contributed by atoms with Crippen molar-refractivity contribution in [3.8, 4) is 0 Å². The van der Waals surface area contributed by atoms with Crippen molar-refractivity contribution in [2.45, 2.75) is 56.8 Å². The topological polar surface area (TPSA) is 116 Å². The molecule has 0 radical (unpaired) electrons. The molecule has 43 heavy (non-hydrogen) atoms. The van der Waals surface area contributed by atoms with E-state index in [1.54, 1.807) is 23.1 Å². The SMILES string of the molecule is C=CCN(C(=O)OCc1cccc([N+](=O)[O-])c1)C1CCN(C[C@H]2CN(C(=O)C3CCCC3)C[C@]2(O)c2ccccc2)CC1. The number of nitro benzene ring substituents is 1. The largest absolute Gasteiger partial charge is 0.445 e. The quantitative estimate of drug-likeness (QED) is 0.242. The molecule has 2 aromatic carbocycles. The van der Waals surface area contributed by atoms with Crippen molar-refractivity contribution < 1.29 is 24.4 Å². The van der Waals surface area contributed by atoms with Crippen LogP contribution in [0, 0.1) is 22.0 Å². The van der Waals surface area contributed by atoms with E-state index < -0.39 is 16.6 Å². The van der Waals surface area contributed by atoms with Gasteiger partial charge in [-0.1, -0.05) is 61.4 Å². The lowest BCUT2D eigenvalue weighted by atomic mass is 9.83. The van der Waals surface area contributed by atoms with Crippen LogP contribution in [-0.2, 0) is 21.7 Å². The zero-order valence-electron chi connectivity index (χ0n) is 24.7. The molecule has 2 saturated heterocycles. The first-order valence-electron chi connectivity index (χ1n) is 15.3. The second-order valence-corrected chi connectivity index (χ2v) is 12.1. The summed E-state index contributed by atoms with van der Waals surface area (Å²) >= 11 is 0. The maximum atomic E-state index is 13.4. The Balaban J connectivity index is 1.20. The maximum Gasteiger partial charge on any atom is 0.410 e. The van der Waals surface area contributed by atoms with Crippen molar-refractivity contribution in [3.63, 3.8) is 0 Å². The van der Waals surface area contributed by atoms with Gasteiger partial charge in [-0.3, -0.25) is 14.9 Å². The molecule has 2 aromatic rings. The number of carbonyl (C=O) groups excluding carboxylic acids is 2. The van der Waals surface area contributed by atoms with Gasteiger partial charge in [-0.2, -0.15) is 0 Å². The van der Waals surface area contributed by atoms with E-state index in [4.69, 9.17) is 4.74 Å². The normalized spacial score (nSPS) is 23.3. The van der Waals surface area contributed by atoms with E-state index >= 15 is 0 Å². The first kappa shape index (κ1) is 30.7. The fourth-order valence-corrected chi connectivity index (χ4v) is 6.99. The highest BCUT2D eigenvalue weighted by Crippen LogP contribution is 2.40. The molecular weight excluding hydrogens is 548 g/mol. The fraction of sp³-hybridized carbons (Fsp3) is 0.515. The number of rotatable bonds is 10. The standard InChI is InChI=1S/C33H42N4O6/c1-2-17-36(32(39)43-23-25-9-8-14-30(20-25)37(41)42)29-15-18-34(19-16-29)21-28-22-35(31(38)26-10-6-7-11-26)24-33(28,40)27-12-4-3-5-13-27/h2-5,8-9,12-14,20,26,28-29,40H,1,6-7,10-11,15-19,21-24H2/t28-,33-/m0/s1. The first-order chi connectivity index (χ1) is 20.8. The molecule has 0 bridgehead atoms. The number of benzene rings is 2. The van der Waals surface area contributed by atoms with Gasteiger partial charge in [-0.15, -0.1) is 6.58 Å². The molecule has 0 aromatic heterocycles. The molecule has 5 rings (SSSR count). The molecule has 230 valence electrons. The van der Waals surface area contributed by atoms with Crippen LogP contribution in [0.3, 0.4) is 0 Å². The number of hydrogen-bond acceptors (Lipinski definition) is 7. The van der Waals surface area contributed by atoms with Gasteiger partial charge < -0.3 is 24.5 Å². The molecular formula is C33H42N4O6. The van der Waals surface area contributed by atoms with E-state index in [-0.39, 0.29) is 36.1 Å². The molecule has 1 N–H and O–H groups in total. The lowest BCUT2D eigenvalue weighted by Gasteiger charge is -2.40. The lowest BCUT2D eigenvalue weighted by molar-refractivity contribution is -0.384. The van der Waals surface area contributed by atoms with Gasteiger partial charge in [0.25, 0.3) is 5.69 Å². The van der Waals surface area contributed by atoms with Crippen LogP contribution in [0.5, 0.6) is 0 Å². The fourth-order valence-electron chi connectivity index (χ4n) is 6.99. The summed E-state index contributed by atoms with van der Waals surface area (Å²) in [7, 11) is 0. The van der Waals surface area contributed by atoms with Crippen LogP contribution in [0.15, 0.2) is 67.3 Å². The number of carbonyl (C=O) groups is 2. The van der Waals surface area contributed by atoms with E-state index in [1.165, 1.54) is 12.1 Å².